The normalized spacial score (nSPS) is 11.6. The van der Waals surface area contributed by atoms with Gasteiger partial charge in [0.05, 0.1) is 4.90 Å². The number of carbonyl (C=O) groups is 1. The Morgan fingerprint density at radius 3 is 2.43 bits per heavy atom. The molecule has 1 aromatic heterocycles. The molecule has 0 bridgehead atoms. The van der Waals surface area contributed by atoms with E-state index in [9.17, 15) is 13.2 Å². The number of amides is 1. The molecule has 6 nitrogen and oxygen atoms in total. The fraction of sp³-hybridized carbons (Fsp3) is 0.400. The molecule has 0 unspecified atom stereocenters. The Morgan fingerprint density at radius 2 is 1.83 bits per heavy atom. The van der Waals surface area contributed by atoms with Crippen LogP contribution in [0, 0.1) is 5.92 Å². The quantitative estimate of drug-likeness (QED) is 0.827. The SMILES string of the molecule is CCC(CC)C(=O)Nc1nnc(CS(=O)(=O)c2ccccc2)s1. The van der Waals surface area contributed by atoms with Crippen LogP contribution in [0.15, 0.2) is 35.2 Å². The third-order valence-corrected chi connectivity index (χ3v) is 6.13. The predicted octanol–water partition coefficient (Wildman–Crippen LogP) is 2.89. The Kier molecular flexibility index (Phi) is 5.84. The molecule has 124 valence electrons. The number of anilines is 1. The number of benzene rings is 1. The van der Waals surface area contributed by atoms with Crippen molar-refractivity contribution in [2.24, 2.45) is 5.92 Å². The molecular formula is C15H19N3O3S2. The van der Waals surface area contributed by atoms with Gasteiger partial charge in [-0.3, -0.25) is 4.79 Å². The van der Waals surface area contributed by atoms with Crippen molar-refractivity contribution in [1.29, 1.82) is 0 Å². The number of hydrogen-bond donors (Lipinski definition) is 1. The molecule has 0 radical (unpaired) electrons. The molecule has 0 spiro atoms. The van der Waals surface area contributed by atoms with Crippen LogP contribution in [-0.4, -0.2) is 24.5 Å². The van der Waals surface area contributed by atoms with Gasteiger partial charge in [-0.05, 0) is 25.0 Å². The summed E-state index contributed by atoms with van der Waals surface area (Å²) >= 11 is 1.09. The molecular weight excluding hydrogens is 334 g/mol. The van der Waals surface area contributed by atoms with Gasteiger partial charge in [-0.25, -0.2) is 8.42 Å². The minimum Gasteiger partial charge on any atom is -0.300 e. The van der Waals surface area contributed by atoms with Crippen molar-refractivity contribution in [3.8, 4) is 0 Å². The number of nitrogens with one attached hydrogen (secondary N) is 1. The van der Waals surface area contributed by atoms with Crippen molar-refractivity contribution in [2.45, 2.75) is 37.3 Å². The van der Waals surface area contributed by atoms with Crippen LogP contribution in [-0.2, 0) is 20.4 Å². The maximum atomic E-state index is 12.3. The lowest BCUT2D eigenvalue weighted by atomic mass is 10.0. The van der Waals surface area contributed by atoms with E-state index >= 15 is 0 Å². The summed E-state index contributed by atoms with van der Waals surface area (Å²) in [4.78, 5) is 12.2. The average molecular weight is 353 g/mol. The molecule has 2 rings (SSSR count). The molecule has 1 N–H and O–H groups in total. The van der Waals surface area contributed by atoms with Crippen molar-refractivity contribution in [3.05, 3.63) is 35.3 Å². The molecule has 2 aromatic rings. The fourth-order valence-electron chi connectivity index (χ4n) is 2.10. The zero-order valence-corrected chi connectivity index (χ0v) is 14.7. The summed E-state index contributed by atoms with van der Waals surface area (Å²) in [5.74, 6) is -0.408. The Bertz CT molecular complexity index is 753. The molecule has 23 heavy (non-hydrogen) atoms. The van der Waals surface area contributed by atoms with Crippen molar-refractivity contribution >= 4 is 32.2 Å². The third kappa shape index (κ3) is 4.59. The molecule has 0 aliphatic rings. The standard InChI is InChI=1S/C15H19N3O3S2/c1-3-11(4-2)14(19)16-15-18-17-13(22-15)10-23(20,21)12-8-6-5-7-9-12/h5-9,11H,3-4,10H2,1-2H3,(H,16,18,19). The molecule has 0 atom stereocenters. The smallest absolute Gasteiger partial charge is 0.229 e. The van der Waals surface area contributed by atoms with Crippen LogP contribution in [0.3, 0.4) is 0 Å². The Morgan fingerprint density at radius 1 is 1.17 bits per heavy atom. The summed E-state index contributed by atoms with van der Waals surface area (Å²) in [5, 5.41) is 11.1. The van der Waals surface area contributed by atoms with Crippen molar-refractivity contribution in [2.75, 3.05) is 5.32 Å². The van der Waals surface area contributed by atoms with E-state index in [1.54, 1.807) is 30.3 Å². The molecule has 0 aliphatic heterocycles. The second kappa shape index (κ2) is 7.65. The summed E-state index contributed by atoms with van der Waals surface area (Å²) in [7, 11) is -3.46. The van der Waals surface area contributed by atoms with Crippen molar-refractivity contribution in [1.82, 2.24) is 10.2 Å². The largest absolute Gasteiger partial charge is 0.300 e. The van der Waals surface area contributed by atoms with E-state index in [1.165, 1.54) is 0 Å². The van der Waals surface area contributed by atoms with E-state index < -0.39 is 9.84 Å². The molecule has 0 aliphatic carbocycles. The monoisotopic (exact) mass is 353 g/mol. The molecule has 0 saturated carbocycles. The van der Waals surface area contributed by atoms with Crippen LogP contribution >= 0.6 is 11.3 Å². The Labute approximate surface area is 139 Å². The number of hydrogen-bond acceptors (Lipinski definition) is 6. The van der Waals surface area contributed by atoms with E-state index in [0.717, 1.165) is 24.2 Å². The summed E-state index contributed by atoms with van der Waals surface area (Å²) in [6, 6.07) is 8.20. The summed E-state index contributed by atoms with van der Waals surface area (Å²) in [6.45, 7) is 3.90. The van der Waals surface area contributed by atoms with E-state index in [0.29, 0.717) is 10.1 Å². The van der Waals surface area contributed by atoms with Crippen LogP contribution in [0.2, 0.25) is 0 Å². The van der Waals surface area contributed by atoms with Gasteiger partial charge in [0.1, 0.15) is 10.8 Å². The maximum absolute atomic E-state index is 12.3. The number of carbonyl (C=O) groups excluding carboxylic acids is 1. The van der Waals surface area contributed by atoms with E-state index in [4.69, 9.17) is 0 Å². The van der Waals surface area contributed by atoms with Gasteiger partial charge in [0.15, 0.2) is 9.84 Å². The number of aromatic nitrogens is 2. The first-order chi connectivity index (χ1) is 11.0. The van der Waals surface area contributed by atoms with Crippen molar-refractivity contribution in [3.63, 3.8) is 0 Å². The van der Waals surface area contributed by atoms with Gasteiger partial charge in [0, 0.05) is 5.92 Å². The zero-order valence-electron chi connectivity index (χ0n) is 13.0. The lowest BCUT2D eigenvalue weighted by Crippen LogP contribution is -2.21. The molecule has 8 heteroatoms. The third-order valence-electron chi connectivity index (χ3n) is 3.47. The Balaban J connectivity index is 2.07. The van der Waals surface area contributed by atoms with Gasteiger partial charge in [0.2, 0.25) is 11.0 Å². The van der Waals surface area contributed by atoms with Gasteiger partial charge >= 0.3 is 0 Å². The number of rotatable bonds is 7. The molecule has 1 amide bonds. The van der Waals surface area contributed by atoms with Gasteiger partial charge < -0.3 is 5.32 Å². The lowest BCUT2D eigenvalue weighted by Gasteiger charge is -2.09. The van der Waals surface area contributed by atoms with E-state index in [-0.39, 0.29) is 22.5 Å². The maximum Gasteiger partial charge on any atom is 0.229 e. The zero-order chi connectivity index (χ0) is 16.9. The van der Waals surface area contributed by atoms with E-state index in [1.807, 2.05) is 13.8 Å². The fourth-order valence-corrected chi connectivity index (χ4v) is 4.46. The van der Waals surface area contributed by atoms with Crippen LogP contribution < -0.4 is 5.32 Å². The summed E-state index contributed by atoms with van der Waals surface area (Å²) < 4.78 is 24.6. The van der Waals surface area contributed by atoms with Gasteiger partial charge in [-0.1, -0.05) is 43.4 Å². The molecule has 0 saturated heterocycles. The molecule has 0 fully saturated rings. The highest BCUT2D eigenvalue weighted by Gasteiger charge is 2.20. The highest BCUT2D eigenvalue weighted by Crippen LogP contribution is 2.22. The van der Waals surface area contributed by atoms with E-state index in [2.05, 4.69) is 15.5 Å². The summed E-state index contributed by atoms with van der Waals surface area (Å²) in [5.41, 5.74) is 0. The topological polar surface area (TPSA) is 89.0 Å². The number of sulfone groups is 1. The molecule has 1 heterocycles. The predicted molar refractivity (Wildman–Crippen MR) is 89.9 cm³/mol. The second-order valence-corrected chi connectivity index (χ2v) is 8.13. The van der Waals surface area contributed by atoms with Crippen molar-refractivity contribution < 1.29 is 13.2 Å². The minimum atomic E-state index is -3.46. The van der Waals surface area contributed by atoms with Crippen LogP contribution in [0.1, 0.15) is 31.7 Å². The Hall–Kier alpha value is -1.80. The summed E-state index contributed by atoms with van der Waals surface area (Å²) in [6.07, 6.45) is 1.49. The van der Waals surface area contributed by atoms with Gasteiger partial charge in [0.25, 0.3) is 0 Å². The minimum absolute atomic E-state index is 0.0737. The lowest BCUT2D eigenvalue weighted by molar-refractivity contribution is -0.120. The van der Waals surface area contributed by atoms with Crippen LogP contribution in [0.4, 0.5) is 5.13 Å². The van der Waals surface area contributed by atoms with Crippen LogP contribution in [0.5, 0.6) is 0 Å². The number of nitrogens with zero attached hydrogens (tertiary/aromatic N) is 2. The first kappa shape index (κ1) is 17.6. The van der Waals surface area contributed by atoms with Gasteiger partial charge in [-0.2, -0.15) is 0 Å². The second-order valence-electron chi connectivity index (χ2n) is 5.08. The van der Waals surface area contributed by atoms with Crippen LogP contribution in [0.25, 0.3) is 0 Å². The molecule has 1 aromatic carbocycles. The first-order valence-corrected chi connectivity index (χ1v) is 9.84. The van der Waals surface area contributed by atoms with Gasteiger partial charge in [-0.15, -0.1) is 10.2 Å². The first-order valence-electron chi connectivity index (χ1n) is 7.37. The average Bonchev–Trinajstić information content (AvgIpc) is 2.95. The highest BCUT2D eigenvalue weighted by atomic mass is 32.2. The highest BCUT2D eigenvalue weighted by molar-refractivity contribution is 7.90.